The number of nitrogens with zero attached hydrogens (tertiary/aromatic N) is 1. The van der Waals surface area contributed by atoms with Gasteiger partial charge < -0.3 is 15.0 Å². The van der Waals surface area contributed by atoms with Gasteiger partial charge in [0.25, 0.3) is 0 Å². The van der Waals surface area contributed by atoms with Crippen LogP contribution in [0.3, 0.4) is 0 Å². The van der Waals surface area contributed by atoms with E-state index in [4.69, 9.17) is 4.74 Å². The van der Waals surface area contributed by atoms with E-state index in [1.165, 1.54) is 0 Å². The van der Waals surface area contributed by atoms with Gasteiger partial charge in [-0.3, -0.25) is 4.79 Å². The molecule has 0 aromatic heterocycles. The number of fused-ring (bicyclic) bond motifs is 1. The molecule has 0 fully saturated rings. The summed E-state index contributed by atoms with van der Waals surface area (Å²) in [6.45, 7) is 5.91. The highest BCUT2D eigenvalue weighted by atomic mass is 16.5. The van der Waals surface area contributed by atoms with Gasteiger partial charge in [0.05, 0.1) is 18.6 Å². The Labute approximate surface area is 114 Å². The molecule has 1 atom stereocenters. The van der Waals surface area contributed by atoms with Gasteiger partial charge in [-0.05, 0) is 25.5 Å². The van der Waals surface area contributed by atoms with Crippen molar-refractivity contribution in [2.24, 2.45) is 0 Å². The smallest absolute Gasteiger partial charge is 0.231 e. The van der Waals surface area contributed by atoms with Crippen LogP contribution in [0.5, 0.6) is 0 Å². The first-order valence-electron chi connectivity index (χ1n) is 6.79. The standard InChI is InChI=1S/C15H22N2O2/c1-11(2)19-9-8-17(3)15(18)13-10-16-14-7-5-4-6-12(13)14/h4-7,11,13,16H,8-10H2,1-3H3. The molecule has 19 heavy (non-hydrogen) atoms. The fourth-order valence-electron chi connectivity index (χ4n) is 2.31. The number of hydrogen-bond acceptors (Lipinski definition) is 3. The van der Waals surface area contributed by atoms with Crippen molar-refractivity contribution in [3.8, 4) is 0 Å². The van der Waals surface area contributed by atoms with Gasteiger partial charge in [-0.25, -0.2) is 0 Å². The second-order valence-electron chi connectivity index (χ2n) is 5.20. The summed E-state index contributed by atoms with van der Waals surface area (Å²) in [5, 5.41) is 3.28. The second kappa shape index (κ2) is 6.06. The molecule has 0 spiro atoms. The van der Waals surface area contributed by atoms with E-state index in [9.17, 15) is 4.79 Å². The molecule has 4 heteroatoms. The normalized spacial score (nSPS) is 17.2. The van der Waals surface area contributed by atoms with Crippen molar-refractivity contribution < 1.29 is 9.53 Å². The van der Waals surface area contributed by atoms with Crippen molar-refractivity contribution in [2.75, 3.05) is 32.1 Å². The van der Waals surface area contributed by atoms with Gasteiger partial charge in [0.1, 0.15) is 0 Å². The Balaban J connectivity index is 1.94. The van der Waals surface area contributed by atoms with Crippen LogP contribution in [0.15, 0.2) is 24.3 Å². The topological polar surface area (TPSA) is 41.6 Å². The van der Waals surface area contributed by atoms with Gasteiger partial charge in [0, 0.05) is 25.8 Å². The van der Waals surface area contributed by atoms with Crippen LogP contribution < -0.4 is 5.32 Å². The Bertz CT molecular complexity index is 446. The fraction of sp³-hybridized carbons (Fsp3) is 0.533. The third-order valence-corrected chi connectivity index (χ3v) is 3.39. The average molecular weight is 262 g/mol. The Kier molecular flexibility index (Phi) is 4.43. The summed E-state index contributed by atoms with van der Waals surface area (Å²) in [7, 11) is 1.84. The lowest BCUT2D eigenvalue weighted by Gasteiger charge is -2.21. The Morgan fingerprint density at radius 3 is 2.95 bits per heavy atom. The highest BCUT2D eigenvalue weighted by Gasteiger charge is 2.29. The van der Waals surface area contributed by atoms with Gasteiger partial charge in [0.2, 0.25) is 5.91 Å². The maximum absolute atomic E-state index is 12.4. The van der Waals surface area contributed by atoms with E-state index in [-0.39, 0.29) is 17.9 Å². The number of ether oxygens (including phenoxy) is 1. The Morgan fingerprint density at radius 2 is 2.21 bits per heavy atom. The molecule has 1 aliphatic rings. The summed E-state index contributed by atoms with van der Waals surface area (Å²) >= 11 is 0. The molecule has 1 amide bonds. The van der Waals surface area contributed by atoms with Crippen LogP contribution in [0.1, 0.15) is 25.3 Å². The Hall–Kier alpha value is -1.55. The van der Waals surface area contributed by atoms with Crippen LogP contribution in [0, 0.1) is 0 Å². The number of para-hydroxylation sites is 1. The van der Waals surface area contributed by atoms with Gasteiger partial charge in [0.15, 0.2) is 0 Å². The number of hydrogen-bond donors (Lipinski definition) is 1. The van der Waals surface area contributed by atoms with Crippen LogP contribution in [0.2, 0.25) is 0 Å². The second-order valence-corrected chi connectivity index (χ2v) is 5.20. The van der Waals surface area contributed by atoms with Crippen molar-refractivity contribution in [1.29, 1.82) is 0 Å². The van der Waals surface area contributed by atoms with Crippen molar-refractivity contribution in [1.82, 2.24) is 4.90 Å². The number of carbonyl (C=O) groups excluding carboxylic acids is 1. The minimum atomic E-state index is -0.0692. The lowest BCUT2D eigenvalue weighted by Crippen LogP contribution is -2.35. The lowest BCUT2D eigenvalue weighted by atomic mass is 10.00. The van der Waals surface area contributed by atoms with Crippen LogP contribution in [0.4, 0.5) is 5.69 Å². The number of anilines is 1. The molecule has 1 unspecified atom stereocenters. The Morgan fingerprint density at radius 1 is 1.47 bits per heavy atom. The van der Waals surface area contributed by atoms with E-state index < -0.39 is 0 Å². The molecular formula is C15H22N2O2. The van der Waals surface area contributed by atoms with E-state index in [1.807, 2.05) is 45.2 Å². The maximum atomic E-state index is 12.4. The number of benzene rings is 1. The molecule has 1 N–H and O–H groups in total. The molecule has 4 nitrogen and oxygen atoms in total. The molecule has 0 radical (unpaired) electrons. The van der Waals surface area contributed by atoms with Crippen molar-refractivity contribution in [3.05, 3.63) is 29.8 Å². The van der Waals surface area contributed by atoms with Crippen molar-refractivity contribution in [2.45, 2.75) is 25.9 Å². The molecule has 0 bridgehead atoms. The minimum absolute atomic E-state index is 0.0692. The number of carbonyl (C=O) groups is 1. The third-order valence-electron chi connectivity index (χ3n) is 3.39. The van der Waals surface area contributed by atoms with Crippen molar-refractivity contribution >= 4 is 11.6 Å². The molecule has 1 aromatic carbocycles. The molecule has 0 saturated heterocycles. The van der Waals surface area contributed by atoms with Gasteiger partial charge >= 0.3 is 0 Å². The van der Waals surface area contributed by atoms with Crippen LogP contribution in [-0.4, -0.2) is 43.7 Å². The molecular weight excluding hydrogens is 240 g/mol. The lowest BCUT2D eigenvalue weighted by molar-refractivity contribution is -0.132. The molecule has 0 aliphatic carbocycles. The SMILES string of the molecule is CC(C)OCCN(C)C(=O)C1CNc2ccccc21. The summed E-state index contributed by atoms with van der Waals surface area (Å²) in [6, 6.07) is 8.01. The molecule has 0 saturated carbocycles. The summed E-state index contributed by atoms with van der Waals surface area (Å²) in [4.78, 5) is 14.2. The number of amides is 1. The highest BCUT2D eigenvalue weighted by molar-refractivity contribution is 5.88. The first-order valence-corrected chi connectivity index (χ1v) is 6.79. The minimum Gasteiger partial charge on any atom is -0.384 e. The average Bonchev–Trinajstić information content (AvgIpc) is 2.81. The monoisotopic (exact) mass is 262 g/mol. The summed E-state index contributed by atoms with van der Waals surface area (Å²) in [5.41, 5.74) is 2.18. The van der Waals surface area contributed by atoms with E-state index in [0.29, 0.717) is 19.7 Å². The summed E-state index contributed by atoms with van der Waals surface area (Å²) < 4.78 is 5.49. The number of rotatable bonds is 5. The van der Waals surface area contributed by atoms with Crippen LogP contribution in [-0.2, 0) is 9.53 Å². The predicted octanol–water partition coefficient (Wildman–Crippen LogP) is 2.08. The summed E-state index contributed by atoms with van der Waals surface area (Å²) in [5.74, 6) is 0.0880. The zero-order valence-corrected chi connectivity index (χ0v) is 11.8. The van der Waals surface area contributed by atoms with E-state index >= 15 is 0 Å². The molecule has 1 heterocycles. The van der Waals surface area contributed by atoms with E-state index in [2.05, 4.69) is 5.32 Å². The van der Waals surface area contributed by atoms with E-state index in [1.54, 1.807) is 4.90 Å². The zero-order chi connectivity index (χ0) is 13.8. The van der Waals surface area contributed by atoms with Crippen molar-refractivity contribution in [3.63, 3.8) is 0 Å². The first kappa shape index (κ1) is 13.9. The van der Waals surface area contributed by atoms with E-state index in [0.717, 1.165) is 11.3 Å². The molecule has 1 aromatic rings. The molecule has 2 rings (SSSR count). The quantitative estimate of drug-likeness (QED) is 0.883. The molecule has 104 valence electrons. The fourth-order valence-corrected chi connectivity index (χ4v) is 2.31. The van der Waals surface area contributed by atoms with Crippen LogP contribution in [0.25, 0.3) is 0 Å². The maximum Gasteiger partial charge on any atom is 0.231 e. The summed E-state index contributed by atoms with van der Waals surface area (Å²) in [6.07, 6.45) is 0.206. The molecule has 1 aliphatic heterocycles. The highest BCUT2D eigenvalue weighted by Crippen LogP contribution is 2.31. The number of likely N-dealkylation sites (N-methyl/N-ethyl adjacent to an activating group) is 1. The van der Waals surface area contributed by atoms with Crippen LogP contribution >= 0.6 is 0 Å². The van der Waals surface area contributed by atoms with Gasteiger partial charge in [-0.2, -0.15) is 0 Å². The largest absolute Gasteiger partial charge is 0.384 e. The third kappa shape index (κ3) is 3.26. The predicted molar refractivity (Wildman–Crippen MR) is 76.4 cm³/mol. The van der Waals surface area contributed by atoms with Gasteiger partial charge in [-0.15, -0.1) is 0 Å². The van der Waals surface area contributed by atoms with Gasteiger partial charge in [-0.1, -0.05) is 18.2 Å². The first-order chi connectivity index (χ1) is 9.09. The number of nitrogens with one attached hydrogen (secondary N) is 1. The zero-order valence-electron chi connectivity index (χ0n) is 11.8.